The minimum absolute atomic E-state index is 0.170. The van der Waals surface area contributed by atoms with Crippen molar-refractivity contribution >= 4 is 0 Å². The van der Waals surface area contributed by atoms with Gasteiger partial charge in [-0.2, -0.15) is 5.48 Å². The number of methoxy groups -OCH3 is 2. The van der Waals surface area contributed by atoms with E-state index < -0.39 is 0 Å². The Balaban J connectivity index is 2.47. The van der Waals surface area contributed by atoms with Crippen molar-refractivity contribution in [3.63, 3.8) is 0 Å². The average Bonchev–Trinajstić information content (AvgIpc) is 2.10. The van der Waals surface area contributed by atoms with E-state index in [1.54, 1.807) is 14.2 Å². The summed E-state index contributed by atoms with van der Waals surface area (Å²) in [5.74, 6) is 0. The van der Waals surface area contributed by atoms with Crippen LogP contribution in [0.2, 0.25) is 0 Å². The lowest BCUT2D eigenvalue weighted by atomic mass is 10.2. The highest BCUT2D eigenvalue weighted by atomic mass is 16.7. The first kappa shape index (κ1) is 9.67. The zero-order valence-corrected chi connectivity index (χ0v) is 7.61. The van der Waals surface area contributed by atoms with Crippen molar-refractivity contribution < 1.29 is 14.3 Å². The Kier molecular flexibility index (Phi) is 3.68. The van der Waals surface area contributed by atoms with Gasteiger partial charge in [0.15, 0.2) is 6.29 Å². The molecule has 0 fully saturated rings. The largest absolute Gasteiger partial charge is 0.353 e. The summed E-state index contributed by atoms with van der Waals surface area (Å²) < 4.78 is 10.1. The predicted molar refractivity (Wildman–Crippen MR) is 44.4 cm³/mol. The Morgan fingerprint density at radius 2 is 2.00 bits per heavy atom. The summed E-state index contributed by atoms with van der Waals surface area (Å²) in [7, 11) is 3.17. The zero-order valence-electron chi connectivity index (χ0n) is 7.61. The lowest BCUT2D eigenvalue weighted by Gasteiger charge is -2.26. The number of hydroxylamine groups is 1. The molecule has 0 aliphatic carbocycles. The molecule has 0 spiro atoms. The van der Waals surface area contributed by atoms with Gasteiger partial charge in [0.05, 0.1) is 0 Å². The second-order valence-corrected chi connectivity index (χ2v) is 2.71. The molecular weight excluding hydrogens is 158 g/mol. The van der Waals surface area contributed by atoms with Gasteiger partial charge in [0.25, 0.3) is 0 Å². The first-order valence-corrected chi connectivity index (χ1v) is 3.93. The predicted octanol–water partition coefficient (Wildman–Crippen LogP) is 0.453. The van der Waals surface area contributed by atoms with E-state index in [1.165, 1.54) is 0 Å². The lowest BCUT2D eigenvalue weighted by molar-refractivity contribution is -0.189. The van der Waals surface area contributed by atoms with Gasteiger partial charge in [0.1, 0.15) is 6.10 Å². The van der Waals surface area contributed by atoms with E-state index in [9.17, 15) is 0 Å². The molecule has 1 N–H and O–H groups in total. The van der Waals surface area contributed by atoms with Crippen LogP contribution in [0.5, 0.6) is 0 Å². The summed E-state index contributed by atoms with van der Waals surface area (Å²) in [6, 6.07) is 0.246. The maximum Gasteiger partial charge on any atom is 0.188 e. The Labute approximate surface area is 72.4 Å². The van der Waals surface area contributed by atoms with Crippen molar-refractivity contribution in [3.8, 4) is 0 Å². The van der Waals surface area contributed by atoms with Crippen LogP contribution in [0.15, 0.2) is 12.2 Å². The molecule has 0 bridgehead atoms. The van der Waals surface area contributed by atoms with Crippen molar-refractivity contribution in [1.29, 1.82) is 0 Å². The quantitative estimate of drug-likeness (QED) is 0.497. The molecule has 1 aliphatic heterocycles. The minimum Gasteiger partial charge on any atom is -0.353 e. The van der Waals surface area contributed by atoms with Gasteiger partial charge in [-0.1, -0.05) is 12.2 Å². The summed E-state index contributed by atoms with van der Waals surface area (Å²) in [6.45, 7) is 2.00. The van der Waals surface area contributed by atoms with Gasteiger partial charge in [-0.3, -0.25) is 4.84 Å². The standard InChI is InChI=1S/C8H15NO3/c1-6-4-5-7(12-9-6)8(10-2)11-3/h4-9H,1-3H3/t6-,7-/m0/s1. The molecule has 4 heteroatoms. The van der Waals surface area contributed by atoms with E-state index in [1.807, 2.05) is 19.1 Å². The highest BCUT2D eigenvalue weighted by Gasteiger charge is 2.22. The third kappa shape index (κ3) is 2.28. The number of rotatable bonds is 3. The molecular formula is C8H15NO3. The smallest absolute Gasteiger partial charge is 0.188 e. The number of nitrogens with one attached hydrogen (secondary N) is 1. The van der Waals surface area contributed by atoms with Crippen LogP contribution in [-0.4, -0.2) is 32.7 Å². The fraction of sp³-hybridized carbons (Fsp3) is 0.750. The van der Waals surface area contributed by atoms with Crippen molar-refractivity contribution in [1.82, 2.24) is 5.48 Å². The van der Waals surface area contributed by atoms with Crippen molar-refractivity contribution in [2.24, 2.45) is 0 Å². The molecule has 0 radical (unpaired) electrons. The van der Waals surface area contributed by atoms with E-state index >= 15 is 0 Å². The highest BCUT2D eigenvalue weighted by Crippen LogP contribution is 2.09. The van der Waals surface area contributed by atoms with Gasteiger partial charge >= 0.3 is 0 Å². The summed E-state index contributed by atoms with van der Waals surface area (Å²) in [5.41, 5.74) is 2.83. The average molecular weight is 173 g/mol. The van der Waals surface area contributed by atoms with Crippen molar-refractivity contribution in [3.05, 3.63) is 12.2 Å². The maximum absolute atomic E-state index is 5.25. The molecule has 0 saturated carbocycles. The first-order chi connectivity index (χ1) is 5.77. The molecule has 1 heterocycles. The molecule has 1 rings (SSSR count). The van der Waals surface area contributed by atoms with Gasteiger partial charge in [0, 0.05) is 20.3 Å². The summed E-state index contributed by atoms with van der Waals surface area (Å²) >= 11 is 0. The molecule has 4 nitrogen and oxygen atoms in total. The van der Waals surface area contributed by atoms with Crippen LogP contribution in [0.25, 0.3) is 0 Å². The van der Waals surface area contributed by atoms with Crippen LogP contribution < -0.4 is 5.48 Å². The highest BCUT2D eigenvalue weighted by molar-refractivity contribution is 4.99. The monoisotopic (exact) mass is 173 g/mol. The van der Waals surface area contributed by atoms with Crippen LogP contribution in [0, 0.1) is 0 Å². The molecule has 0 saturated heterocycles. The maximum atomic E-state index is 5.25. The van der Waals surface area contributed by atoms with Crippen LogP contribution in [-0.2, 0) is 14.3 Å². The van der Waals surface area contributed by atoms with Gasteiger partial charge in [0.2, 0.25) is 0 Å². The van der Waals surface area contributed by atoms with Gasteiger partial charge in [-0.05, 0) is 6.92 Å². The summed E-state index contributed by atoms with van der Waals surface area (Å²) in [5, 5.41) is 0. The topological polar surface area (TPSA) is 39.7 Å². The van der Waals surface area contributed by atoms with E-state index in [0.717, 1.165) is 0 Å². The van der Waals surface area contributed by atoms with E-state index in [4.69, 9.17) is 14.3 Å². The molecule has 0 unspecified atom stereocenters. The molecule has 0 aromatic heterocycles. The van der Waals surface area contributed by atoms with Gasteiger partial charge in [-0.15, -0.1) is 0 Å². The molecule has 0 aromatic carbocycles. The van der Waals surface area contributed by atoms with Crippen LogP contribution in [0.3, 0.4) is 0 Å². The molecule has 2 atom stereocenters. The molecule has 1 aliphatic rings. The van der Waals surface area contributed by atoms with Crippen molar-refractivity contribution in [2.45, 2.75) is 25.4 Å². The SMILES string of the molecule is COC(OC)[C@@H]1C=C[C@H](C)NO1. The third-order valence-electron chi connectivity index (χ3n) is 1.71. The molecule has 0 amide bonds. The normalized spacial score (nSPS) is 29.7. The van der Waals surface area contributed by atoms with Crippen LogP contribution in [0.4, 0.5) is 0 Å². The lowest BCUT2D eigenvalue weighted by Crippen LogP contribution is -2.41. The zero-order chi connectivity index (χ0) is 8.97. The second kappa shape index (κ2) is 4.57. The Morgan fingerprint density at radius 3 is 2.42 bits per heavy atom. The number of hydrogen-bond acceptors (Lipinski definition) is 4. The summed E-state index contributed by atoms with van der Waals surface area (Å²) in [6.07, 6.45) is 3.43. The second-order valence-electron chi connectivity index (χ2n) is 2.71. The Morgan fingerprint density at radius 1 is 1.33 bits per heavy atom. The first-order valence-electron chi connectivity index (χ1n) is 3.93. The fourth-order valence-electron chi connectivity index (χ4n) is 1.05. The minimum atomic E-state index is -0.346. The fourth-order valence-corrected chi connectivity index (χ4v) is 1.05. The summed E-state index contributed by atoms with van der Waals surface area (Å²) in [4.78, 5) is 5.25. The molecule has 12 heavy (non-hydrogen) atoms. The molecule has 0 aromatic rings. The third-order valence-corrected chi connectivity index (χ3v) is 1.71. The van der Waals surface area contributed by atoms with E-state index in [-0.39, 0.29) is 18.4 Å². The van der Waals surface area contributed by atoms with Crippen LogP contribution >= 0.6 is 0 Å². The van der Waals surface area contributed by atoms with E-state index in [0.29, 0.717) is 0 Å². The van der Waals surface area contributed by atoms with E-state index in [2.05, 4.69) is 5.48 Å². The van der Waals surface area contributed by atoms with Gasteiger partial charge in [-0.25, -0.2) is 0 Å². The van der Waals surface area contributed by atoms with Crippen molar-refractivity contribution in [2.75, 3.05) is 14.2 Å². The number of hydrogen-bond donors (Lipinski definition) is 1. The van der Waals surface area contributed by atoms with Crippen LogP contribution in [0.1, 0.15) is 6.92 Å². The Bertz CT molecular complexity index is 156. The molecule has 70 valence electrons. The van der Waals surface area contributed by atoms with Gasteiger partial charge < -0.3 is 9.47 Å². The number of ether oxygens (including phenoxy) is 2. The Hall–Kier alpha value is -0.420.